The summed E-state index contributed by atoms with van der Waals surface area (Å²) in [5, 5.41) is 4.06. The molecule has 20 heavy (non-hydrogen) atoms. The molecule has 1 heterocycles. The fourth-order valence-electron chi connectivity index (χ4n) is 1.80. The molecule has 2 rings (SSSR count). The molecule has 0 aliphatic carbocycles. The van der Waals surface area contributed by atoms with Crippen LogP contribution in [0.1, 0.15) is 24.2 Å². The summed E-state index contributed by atoms with van der Waals surface area (Å²) >= 11 is 5.92. The number of nitrogens with zero attached hydrogens (tertiary/aromatic N) is 2. The number of hydrogen-bond acceptors (Lipinski definition) is 3. The van der Waals surface area contributed by atoms with E-state index in [0.29, 0.717) is 11.3 Å². The van der Waals surface area contributed by atoms with Gasteiger partial charge in [-0.2, -0.15) is 0 Å². The molecule has 0 saturated carbocycles. The summed E-state index contributed by atoms with van der Waals surface area (Å²) in [5.74, 6) is -0.551. The molecular weight excluding hydrogens is 283 g/mol. The Morgan fingerprint density at radius 3 is 2.85 bits per heavy atom. The second-order valence-corrected chi connectivity index (χ2v) is 4.92. The maximum absolute atomic E-state index is 13.0. The third kappa shape index (κ3) is 3.17. The predicted molar refractivity (Wildman–Crippen MR) is 72.8 cm³/mol. The molecule has 1 atom stereocenters. The van der Waals surface area contributed by atoms with Crippen LogP contribution in [0, 0.1) is 5.82 Å². The largest absolute Gasteiger partial charge is 0.364 e. The summed E-state index contributed by atoms with van der Waals surface area (Å²) < 4.78 is 17.7. The van der Waals surface area contributed by atoms with Gasteiger partial charge in [-0.3, -0.25) is 4.79 Å². The van der Waals surface area contributed by atoms with Gasteiger partial charge in [0.15, 0.2) is 0 Å². The lowest BCUT2D eigenvalue weighted by Crippen LogP contribution is -2.31. The molecule has 1 amide bonds. The molecule has 0 radical (unpaired) electrons. The number of rotatable bonds is 4. The van der Waals surface area contributed by atoms with Crippen LogP contribution in [0.4, 0.5) is 4.39 Å². The van der Waals surface area contributed by atoms with E-state index in [2.05, 4.69) is 5.16 Å². The third-order valence-electron chi connectivity index (χ3n) is 3.22. The summed E-state index contributed by atoms with van der Waals surface area (Å²) in [6, 6.07) is 5.50. The number of hydrogen-bond donors (Lipinski definition) is 0. The minimum absolute atomic E-state index is 0.109. The second kappa shape index (κ2) is 6.05. The lowest BCUT2D eigenvalue weighted by atomic mass is 10.1. The molecular formula is C14H14ClFN2O2. The first kappa shape index (κ1) is 14.5. The van der Waals surface area contributed by atoms with Gasteiger partial charge in [-0.15, -0.1) is 0 Å². The van der Waals surface area contributed by atoms with Crippen LogP contribution in [-0.4, -0.2) is 23.0 Å². The Hall–Kier alpha value is -1.88. The maximum atomic E-state index is 13.0. The van der Waals surface area contributed by atoms with Crippen LogP contribution in [0.25, 0.3) is 0 Å². The first-order valence-electron chi connectivity index (χ1n) is 6.09. The summed E-state index contributed by atoms with van der Waals surface area (Å²) in [7, 11) is 1.68. The van der Waals surface area contributed by atoms with Gasteiger partial charge >= 0.3 is 0 Å². The summed E-state index contributed by atoms with van der Waals surface area (Å²) in [5.41, 5.74) is 1.27. The van der Waals surface area contributed by atoms with Crippen LogP contribution >= 0.6 is 11.6 Å². The van der Waals surface area contributed by atoms with Crippen molar-refractivity contribution >= 4 is 17.5 Å². The average molecular weight is 297 g/mol. The zero-order valence-corrected chi connectivity index (χ0v) is 11.9. The van der Waals surface area contributed by atoms with E-state index in [-0.39, 0.29) is 23.4 Å². The summed E-state index contributed by atoms with van der Waals surface area (Å²) in [6.07, 6.45) is 1.57. The number of carbonyl (C=O) groups is 1. The highest BCUT2D eigenvalue weighted by Crippen LogP contribution is 2.21. The van der Waals surface area contributed by atoms with Crippen molar-refractivity contribution in [2.24, 2.45) is 0 Å². The molecule has 1 unspecified atom stereocenters. The minimum Gasteiger partial charge on any atom is -0.364 e. The van der Waals surface area contributed by atoms with Gasteiger partial charge in [-0.25, -0.2) is 4.39 Å². The molecule has 0 fully saturated rings. The van der Waals surface area contributed by atoms with Gasteiger partial charge in [0.2, 0.25) is 5.91 Å². The molecule has 4 nitrogen and oxygen atoms in total. The molecule has 0 aliphatic heterocycles. The Morgan fingerprint density at radius 1 is 1.50 bits per heavy atom. The van der Waals surface area contributed by atoms with Crippen molar-refractivity contribution < 1.29 is 13.7 Å². The van der Waals surface area contributed by atoms with E-state index in [1.54, 1.807) is 18.0 Å². The maximum Gasteiger partial charge on any atom is 0.227 e. The highest BCUT2D eigenvalue weighted by atomic mass is 35.5. The second-order valence-electron chi connectivity index (χ2n) is 4.52. The molecule has 106 valence electrons. The third-order valence-corrected chi connectivity index (χ3v) is 3.57. The van der Waals surface area contributed by atoms with E-state index in [1.165, 1.54) is 24.5 Å². The van der Waals surface area contributed by atoms with E-state index in [1.807, 2.05) is 6.92 Å². The van der Waals surface area contributed by atoms with Crippen molar-refractivity contribution in [3.05, 3.63) is 52.6 Å². The molecule has 0 N–H and O–H groups in total. The van der Waals surface area contributed by atoms with Crippen LogP contribution in [-0.2, 0) is 11.2 Å². The van der Waals surface area contributed by atoms with Gasteiger partial charge in [0, 0.05) is 18.1 Å². The zero-order chi connectivity index (χ0) is 14.7. The fraction of sp³-hybridized carbons (Fsp3) is 0.286. The van der Waals surface area contributed by atoms with Crippen molar-refractivity contribution in [1.82, 2.24) is 10.1 Å². The van der Waals surface area contributed by atoms with Crippen LogP contribution < -0.4 is 0 Å². The summed E-state index contributed by atoms with van der Waals surface area (Å²) in [4.78, 5) is 13.8. The number of aromatic nitrogens is 1. The van der Waals surface area contributed by atoms with Gasteiger partial charge in [-0.1, -0.05) is 22.8 Å². The monoisotopic (exact) mass is 296 g/mol. The first-order chi connectivity index (χ1) is 9.49. The van der Waals surface area contributed by atoms with E-state index in [4.69, 9.17) is 16.1 Å². The minimum atomic E-state index is -0.421. The highest BCUT2D eigenvalue weighted by Gasteiger charge is 2.20. The molecule has 0 aliphatic rings. The number of halogens is 2. The molecule has 0 spiro atoms. The van der Waals surface area contributed by atoms with Crippen LogP contribution in [0.15, 0.2) is 35.1 Å². The van der Waals surface area contributed by atoms with E-state index < -0.39 is 5.82 Å². The highest BCUT2D eigenvalue weighted by molar-refractivity contribution is 6.31. The van der Waals surface area contributed by atoms with Crippen molar-refractivity contribution in [2.45, 2.75) is 19.4 Å². The van der Waals surface area contributed by atoms with Gasteiger partial charge < -0.3 is 9.42 Å². The average Bonchev–Trinajstić information content (AvgIpc) is 2.94. The van der Waals surface area contributed by atoms with Crippen LogP contribution in [0.3, 0.4) is 0 Å². The quantitative estimate of drug-likeness (QED) is 0.870. The van der Waals surface area contributed by atoms with Crippen molar-refractivity contribution in [3.8, 4) is 0 Å². The van der Waals surface area contributed by atoms with E-state index in [0.717, 1.165) is 0 Å². The molecule has 0 saturated heterocycles. The van der Waals surface area contributed by atoms with E-state index in [9.17, 15) is 9.18 Å². The Bertz CT molecular complexity index is 601. The number of carbonyl (C=O) groups excluding carboxylic acids is 1. The zero-order valence-electron chi connectivity index (χ0n) is 11.1. The number of likely N-dealkylation sites (N-methyl/N-ethyl adjacent to an activating group) is 1. The molecule has 1 aromatic carbocycles. The number of amides is 1. The lowest BCUT2D eigenvalue weighted by Gasteiger charge is -2.23. The van der Waals surface area contributed by atoms with Crippen LogP contribution in [0.2, 0.25) is 5.02 Å². The Labute approximate surface area is 121 Å². The van der Waals surface area contributed by atoms with Gasteiger partial charge in [0.05, 0.1) is 12.5 Å². The summed E-state index contributed by atoms with van der Waals surface area (Å²) in [6.45, 7) is 1.85. The standard InChI is InChI=1S/C14H14ClFN2O2/c1-9(13-5-6-20-17-13)18(2)14(19)7-10-3-4-11(16)8-12(10)15/h3-6,8-9H,7H2,1-2H3. The lowest BCUT2D eigenvalue weighted by molar-refractivity contribution is -0.131. The molecule has 1 aromatic heterocycles. The van der Waals surface area contributed by atoms with E-state index >= 15 is 0 Å². The number of benzene rings is 1. The first-order valence-corrected chi connectivity index (χ1v) is 6.46. The predicted octanol–water partition coefficient (Wildman–Crippen LogP) is 3.23. The Balaban J connectivity index is 2.08. The van der Waals surface area contributed by atoms with Gasteiger partial charge in [-0.05, 0) is 24.6 Å². The Kier molecular flexibility index (Phi) is 4.39. The normalized spacial score (nSPS) is 12.2. The fourth-order valence-corrected chi connectivity index (χ4v) is 2.04. The molecule has 6 heteroatoms. The van der Waals surface area contributed by atoms with Crippen LogP contribution in [0.5, 0.6) is 0 Å². The van der Waals surface area contributed by atoms with Gasteiger partial charge in [0.25, 0.3) is 0 Å². The molecule has 0 bridgehead atoms. The van der Waals surface area contributed by atoms with Crippen molar-refractivity contribution in [1.29, 1.82) is 0 Å². The van der Waals surface area contributed by atoms with Crippen molar-refractivity contribution in [2.75, 3.05) is 7.05 Å². The SMILES string of the molecule is CC(c1ccon1)N(C)C(=O)Cc1ccc(F)cc1Cl. The Morgan fingerprint density at radius 2 is 2.25 bits per heavy atom. The van der Waals surface area contributed by atoms with Crippen molar-refractivity contribution in [3.63, 3.8) is 0 Å². The van der Waals surface area contributed by atoms with Gasteiger partial charge in [0.1, 0.15) is 17.8 Å². The topological polar surface area (TPSA) is 46.3 Å². The molecule has 2 aromatic rings. The smallest absolute Gasteiger partial charge is 0.227 e.